The third-order valence-electron chi connectivity index (χ3n) is 5.99. The van der Waals surface area contributed by atoms with E-state index in [4.69, 9.17) is 24.3 Å². The van der Waals surface area contributed by atoms with Gasteiger partial charge in [0.15, 0.2) is 6.10 Å². The van der Waals surface area contributed by atoms with Crippen LogP contribution in [0.1, 0.15) is 110 Å². The fourth-order valence-corrected chi connectivity index (χ4v) is 4.47. The third-order valence-corrected chi connectivity index (χ3v) is 6.98. The lowest BCUT2D eigenvalue weighted by Crippen LogP contribution is -2.29. The Morgan fingerprint density at radius 1 is 0.738 bits per heavy atom. The van der Waals surface area contributed by atoms with Crippen molar-refractivity contribution in [2.24, 2.45) is 5.73 Å². The summed E-state index contributed by atoms with van der Waals surface area (Å²) < 4.78 is 32.3. The van der Waals surface area contributed by atoms with Crippen LogP contribution >= 0.6 is 7.82 Å². The molecule has 0 saturated heterocycles. The maximum Gasteiger partial charge on any atom is 0.472 e. The molecule has 3 N–H and O–H groups in total. The molecule has 42 heavy (non-hydrogen) atoms. The molecule has 2 unspecified atom stereocenters. The number of carbonyl (C=O) groups is 2. The minimum absolute atomic E-state index is 0.0416. The predicted molar refractivity (Wildman–Crippen MR) is 169 cm³/mol. The van der Waals surface area contributed by atoms with E-state index in [-0.39, 0.29) is 32.6 Å². The maximum absolute atomic E-state index is 12.4. The number of nitrogens with two attached hydrogens (primary N) is 1. The largest absolute Gasteiger partial charge is 0.472 e. The summed E-state index contributed by atoms with van der Waals surface area (Å²) in [7, 11) is -4.38. The Morgan fingerprint density at radius 3 is 1.90 bits per heavy atom. The Bertz CT molecular complexity index is 840. The monoisotopic (exact) mass is 613 g/mol. The fraction of sp³-hybridized carbons (Fsp3) is 0.688. The van der Waals surface area contributed by atoms with Crippen molar-refractivity contribution in [2.45, 2.75) is 116 Å². The van der Waals surface area contributed by atoms with Crippen LogP contribution in [0, 0.1) is 0 Å². The van der Waals surface area contributed by atoms with E-state index in [2.05, 4.69) is 50.3 Å². The molecule has 0 rings (SSSR count). The van der Waals surface area contributed by atoms with Gasteiger partial charge in [-0.3, -0.25) is 18.6 Å². The van der Waals surface area contributed by atoms with Crippen molar-refractivity contribution in [3.8, 4) is 0 Å². The number of allylic oxidation sites excluding steroid dienone is 8. The molecule has 2 atom stereocenters. The average molecular weight is 614 g/mol. The summed E-state index contributed by atoms with van der Waals surface area (Å²) >= 11 is 0. The second-order valence-electron chi connectivity index (χ2n) is 9.95. The van der Waals surface area contributed by atoms with Crippen LogP contribution in [-0.2, 0) is 32.7 Å². The molecule has 9 nitrogen and oxygen atoms in total. The number of ether oxygens (including phenoxy) is 2. The van der Waals surface area contributed by atoms with Crippen LogP contribution in [0.3, 0.4) is 0 Å². The van der Waals surface area contributed by atoms with Crippen molar-refractivity contribution < 1.29 is 37.6 Å². The van der Waals surface area contributed by atoms with Gasteiger partial charge in [-0.15, -0.1) is 0 Å². The van der Waals surface area contributed by atoms with Crippen LogP contribution in [0.15, 0.2) is 48.6 Å². The topological polar surface area (TPSA) is 134 Å². The summed E-state index contributed by atoms with van der Waals surface area (Å²) in [6, 6.07) is 0. The van der Waals surface area contributed by atoms with Crippen molar-refractivity contribution in [2.75, 3.05) is 26.4 Å². The van der Waals surface area contributed by atoms with E-state index in [1.807, 2.05) is 12.2 Å². The minimum atomic E-state index is -4.38. The molecule has 0 aromatic rings. The van der Waals surface area contributed by atoms with Crippen LogP contribution in [0.5, 0.6) is 0 Å². The van der Waals surface area contributed by atoms with Gasteiger partial charge in [0.25, 0.3) is 0 Å². The first kappa shape index (κ1) is 40.0. The van der Waals surface area contributed by atoms with Gasteiger partial charge in [0.05, 0.1) is 13.2 Å². The van der Waals surface area contributed by atoms with Crippen LogP contribution in [0.4, 0.5) is 0 Å². The highest BCUT2D eigenvalue weighted by Gasteiger charge is 2.25. The van der Waals surface area contributed by atoms with Gasteiger partial charge in [-0.25, -0.2) is 4.57 Å². The number of hydrogen-bond donors (Lipinski definition) is 2. The molecule has 0 fully saturated rings. The van der Waals surface area contributed by atoms with Crippen molar-refractivity contribution in [3.05, 3.63) is 48.6 Å². The van der Waals surface area contributed by atoms with E-state index in [9.17, 15) is 19.0 Å². The quantitative estimate of drug-likeness (QED) is 0.0395. The van der Waals surface area contributed by atoms with Crippen LogP contribution in [0.2, 0.25) is 0 Å². The lowest BCUT2D eigenvalue weighted by molar-refractivity contribution is -0.161. The molecule has 242 valence electrons. The summed E-state index contributed by atoms with van der Waals surface area (Å²) in [4.78, 5) is 34.3. The normalized spacial score (nSPS) is 14.3. The van der Waals surface area contributed by atoms with Crippen molar-refractivity contribution in [1.82, 2.24) is 0 Å². The molecular formula is C32H56NO8P. The molecule has 0 aromatic carbocycles. The fourth-order valence-electron chi connectivity index (χ4n) is 3.70. The molecule has 0 aliphatic carbocycles. The molecule has 0 spiro atoms. The lowest BCUT2D eigenvalue weighted by atomic mass is 10.1. The number of esters is 2. The van der Waals surface area contributed by atoms with Gasteiger partial charge in [0.2, 0.25) is 0 Å². The Labute approximate surface area is 254 Å². The number of hydrogen-bond acceptors (Lipinski definition) is 8. The second kappa shape index (κ2) is 29.1. The van der Waals surface area contributed by atoms with E-state index >= 15 is 0 Å². The number of rotatable bonds is 28. The van der Waals surface area contributed by atoms with Crippen molar-refractivity contribution in [3.63, 3.8) is 0 Å². The molecule has 0 heterocycles. The van der Waals surface area contributed by atoms with Gasteiger partial charge in [0, 0.05) is 19.4 Å². The third kappa shape index (κ3) is 28.1. The van der Waals surface area contributed by atoms with E-state index in [1.54, 1.807) is 0 Å². The number of unbranched alkanes of at least 4 members (excludes halogenated alkanes) is 7. The second-order valence-corrected chi connectivity index (χ2v) is 11.4. The molecule has 0 bridgehead atoms. The smallest absolute Gasteiger partial charge is 0.462 e. The van der Waals surface area contributed by atoms with E-state index in [0.29, 0.717) is 6.42 Å². The Morgan fingerprint density at radius 2 is 1.31 bits per heavy atom. The summed E-state index contributed by atoms with van der Waals surface area (Å²) in [5, 5.41) is 0. The first-order valence-corrected chi connectivity index (χ1v) is 17.1. The molecule has 10 heteroatoms. The highest BCUT2D eigenvalue weighted by molar-refractivity contribution is 7.47. The first-order chi connectivity index (χ1) is 20.3. The van der Waals surface area contributed by atoms with Crippen LogP contribution in [0.25, 0.3) is 0 Å². The van der Waals surface area contributed by atoms with Gasteiger partial charge >= 0.3 is 19.8 Å². The number of phosphoric ester groups is 1. The number of carbonyl (C=O) groups excluding carboxylic acids is 2. The summed E-state index contributed by atoms with van der Waals surface area (Å²) in [5.41, 5.74) is 5.29. The zero-order valence-corrected chi connectivity index (χ0v) is 26.9. The summed E-state index contributed by atoms with van der Waals surface area (Å²) in [6.07, 6.45) is 28.9. The van der Waals surface area contributed by atoms with Crippen LogP contribution < -0.4 is 5.73 Å². The highest BCUT2D eigenvalue weighted by Crippen LogP contribution is 2.43. The molecule has 0 amide bonds. The van der Waals surface area contributed by atoms with Gasteiger partial charge in [0.1, 0.15) is 6.61 Å². The first-order valence-electron chi connectivity index (χ1n) is 15.6. The highest BCUT2D eigenvalue weighted by atomic mass is 31.2. The maximum atomic E-state index is 12.4. The predicted octanol–water partition coefficient (Wildman–Crippen LogP) is 7.65. The minimum Gasteiger partial charge on any atom is -0.462 e. The van der Waals surface area contributed by atoms with Gasteiger partial charge in [-0.1, -0.05) is 107 Å². The zero-order valence-electron chi connectivity index (χ0n) is 26.0. The number of phosphoric acid groups is 1. The summed E-state index contributed by atoms with van der Waals surface area (Å²) in [5.74, 6) is -0.936. The molecule has 0 aromatic heterocycles. The summed E-state index contributed by atoms with van der Waals surface area (Å²) in [6.45, 7) is 3.44. The Kier molecular flexibility index (Phi) is 27.7. The SMILES string of the molecule is CC/C=C\C/C=C\C/C=C\C/C=C\CCC(=O)OC(COC(=O)CCCCCCCCCC)COP(=O)(O)OCCN. The molecule has 0 radical (unpaired) electrons. The van der Waals surface area contributed by atoms with Crippen LogP contribution in [-0.4, -0.2) is 49.3 Å². The van der Waals surface area contributed by atoms with E-state index in [0.717, 1.165) is 44.9 Å². The Balaban J connectivity index is 4.48. The van der Waals surface area contributed by atoms with Gasteiger partial charge in [-0.2, -0.15) is 0 Å². The molecule has 0 saturated carbocycles. The Hall–Kier alpha value is -2.03. The van der Waals surface area contributed by atoms with Crippen molar-refractivity contribution in [1.29, 1.82) is 0 Å². The van der Waals surface area contributed by atoms with Gasteiger partial charge < -0.3 is 20.1 Å². The lowest BCUT2D eigenvalue weighted by Gasteiger charge is -2.19. The standard InChI is InChI=1S/C32H56NO8P/c1-3-5-7-9-11-13-14-15-16-17-19-21-23-25-32(35)41-30(29-40-42(36,37)39-27-26-33)28-38-31(34)24-22-20-18-12-10-8-6-4-2/h5,7,11,13,15-16,19,21,30H,3-4,6,8-10,12,14,17-18,20,22-29,33H2,1-2H3,(H,36,37)/b7-5-,13-11-,16-15-,21-19-. The zero-order chi connectivity index (χ0) is 31.2. The molecule has 0 aliphatic heterocycles. The molecule has 0 aliphatic rings. The van der Waals surface area contributed by atoms with E-state index < -0.39 is 32.5 Å². The van der Waals surface area contributed by atoms with Crippen molar-refractivity contribution >= 4 is 19.8 Å². The molecular weight excluding hydrogens is 557 g/mol. The van der Waals surface area contributed by atoms with Gasteiger partial charge in [-0.05, 0) is 38.5 Å². The van der Waals surface area contributed by atoms with E-state index in [1.165, 1.54) is 32.1 Å². The average Bonchev–Trinajstić information content (AvgIpc) is 2.97.